The number of hydrogen-bond donors (Lipinski definition) is 1. The van der Waals surface area contributed by atoms with Crippen molar-refractivity contribution in [2.24, 2.45) is 0 Å². The van der Waals surface area contributed by atoms with Crippen LogP contribution < -0.4 is 5.32 Å². The minimum absolute atomic E-state index is 0.199. The second-order valence-corrected chi connectivity index (χ2v) is 13.6. The summed E-state index contributed by atoms with van der Waals surface area (Å²) in [6.45, 7) is 6.61. The second-order valence-electron chi connectivity index (χ2n) is 9.96. The lowest BCUT2D eigenvalue weighted by atomic mass is 9.90. The SMILES string of the molecule is CNC(=O)CC1OC(c2cccc(Cl)c2)C(c2ccc(Cl)cc2)N(C(C)CS(=O)(=O)C(C)(C)C)C1=O. The number of morpholine rings is 1. The lowest BCUT2D eigenvalue weighted by Crippen LogP contribution is -2.56. The molecule has 1 N–H and O–H groups in total. The summed E-state index contributed by atoms with van der Waals surface area (Å²) in [6.07, 6.45) is -2.01. The van der Waals surface area contributed by atoms with Crippen molar-refractivity contribution >= 4 is 44.9 Å². The molecule has 10 heteroatoms. The van der Waals surface area contributed by atoms with Crippen molar-refractivity contribution in [3.63, 3.8) is 0 Å². The van der Waals surface area contributed by atoms with Crippen molar-refractivity contribution in [2.75, 3.05) is 12.8 Å². The first-order valence-electron chi connectivity index (χ1n) is 11.7. The lowest BCUT2D eigenvalue weighted by Gasteiger charge is -2.47. The number of rotatable bonds is 7. The molecule has 2 aromatic rings. The van der Waals surface area contributed by atoms with E-state index >= 15 is 0 Å². The first-order valence-corrected chi connectivity index (χ1v) is 14.1. The Morgan fingerprint density at radius 1 is 1.08 bits per heavy atom. The Morgan fingerprint density at radius 3 is 2.28 bits per heavy atom. The number of ether oxygens (including phenoxy) is 1. The highest BCUT2D eigenvalue weighted by Gasteiger charge is 2.47. The van der Waals surface area contributed by atoms with E-state index in [9.17, 15) is 18.0 Å². The average Bonchev–Trinajstić information content (AvgIpc) is 2.79. The third kappa shape index (κ3) is 6.22. The van der Waals surface area contributed by atoms with E-state index in [0.717, 1.165) is 5.56 Å². The van der Waals surface area contributed by atoms with E-state index in [1.165, 1.54) is 7.05 Å². The summed E-state index contributed by atoms with van der Waals surface area (Å²) in [6, 6.07) is 12.7. The summed E-state index contributed by atoms with van der Waals surface area (Å²) < 4.78 is 31.6. The molecule has 0 spiro atoms. The highest BCUT2D eigenvalue weighted by molar-refractivity contribution is 7.92. The van der Waals surface area contributed by atoms with Crippen LogP contribution in [0.2, 0.25) is 10.0 Å². The largest absolute Gasteiger partial charge is 0.359 e. The molecule has 0 bridgehead atoms. The second kappa shape index (κ2) is 11.1. The quantitative estimate of drug-likeness (QED) is 0.533. The van der Waals surface area contributed by atoms with Crippen LogP contribution in [0.1, 0.15) is 57.4 Å². The highest BCUT2D eigenvalue weighted by Crippen LogP contribution is 2.44. The van der Waals surface area contributed by atoms with Crippen LogP contribution in [0.3, 0.4) is 0 Å². The number of sulfone groups is 1. The molecule has 4 unspecified atom stereocenters. The van der Waals surface area contributed by atoms with E-state index in [4.69, 9.17) is 27.9 Å². The summed E-state index contributed by atoms with van der Waals surface area (Å²) in [5.74, 6) is -1.06. The zero-order chi connectivity index (χ0) is 26.8. The van der Waals surface area contributed by atoms with Crippen molar-refractivity contribution in [3.05, 3.63) is 69.7 Å². The minimum Gasteiger partial charge on any atom is -0.359 e. The van der Waals surface area contributed by atoms with Gasteiger partial charge in [-0.25, -0.2) is 8.42 Å². The molecule has 1 heterocycles. The number of nitrogens with zero attached hydrogens (tertiary/aromatic N) is 1. The summed E-state index contributed by atoms with van der Waals surface area (Å²) in [5, 5.41) is 3.53. The number of amides is 2. The van der Waals surface area contributed by atoms with Gasteiger partial charge >= 0.3 is 0 Å². The minimum atomic E-state index is -3.57. The molecule has 2 aromatic carbocycles. The Morgan fingerprint density at radius 2 is 1.72 bits per heavy atom. The fourth-order valence-electron chi connectivity index (χ4n) is 4.24. The molecule has 1 aliphatic heterocycles. The third-order valence-electron chi connectivity index (χ3n) is 6.33. The summed E-state index contributed by atoms with van der Waals surface area (Å²) >= 11 is 12.4. The average molecular weight is 556 g/mol. The molecular formula is C26H32Cl2N2O5S. The molecule has 7 nitrogen and oxygen atoms in total. The number of halogens is 2. The zero-order valence-electron chi connectivity index (χ0n) is 21.0. The maximum Gasteiger partial charge on any atom is 0.253 e. The summed E-state index contributed by atoms with van der Waals surface area (Å²) in [5.41, 5.74) is 1.42. The van der Waals surface area contributed by atoms with Crippen LogP contribution in [0.15, 0.2) is 48.5 Å². The van der Waals surface area contributed by atoms with Gasteiger partial charge in [-0.3, -0.25) is 9.59 Å². The van der Waals surface area contributed by atoms with Gasteiger partial charge in [-0.05, 0) is 63.1 Å². The number of carbonyl (C=O) groups is 2. The van der Waals surface area contributed by atoms with E-state index in [2.05, 4.69) is 5.32 Å². The highest BCUT2D eigenvalue weighted by atomic mass is 35.5. The van der Waals surface area contributed by atoms with Crippen LogP contribution >= 0.6 is 23.2 Å². The standard InChI is InChI=1S/C26H32Cl2N2O5S/c1-16(15-36(33,34)26(2,3)4)30-23(17-9-11-19(27)12-10-17)24(18-7-6-8-20(28)13-18)35-21(25(30)32)14-22(31)29-5/h6-13,16,21,23-24H,14-15H2,1-5H3,(H,29,31). The predicted molar refractivity (Wildman–Crippen MR) is 142 cm³/mol. The monoisotopic (exact) mass is 554 g/mol. The Labute approximate surface area is 223 Å². The molecule has 36 heavy (non-hydrogen) atoms. The topological polar surface area (TPSA) is 92.8 Å². The molecule has 2 amide bonds. The number of hydrogen-bond acceptors (Lipinski definition) is 5. The van der Waals surface area contributed by atoms with Gasteiger partial charge in [0.15, 0.2) is 9.84 Å². The number of nitrogens with one attached hydrogen (secondary N) is 1. The van der Waals surface area contributed by atoms with Crippen LogP contribution in [0.25, 0.3) is 0 Å². The molecule has 4 atom stereocenters. The van der Waals surface area contributed by atoms with Gasteiger partial charge in [0.2, 0.25) is 5.91 Å². The Hall–Kier alpha value is -2.13. The Bertz CT molecular complexity index is 1210. The Balaban J connectivity index is 2.17. The maximum atomic E-state index is 13.8. The van der Waals surface area contributed by atoms with Gasteiger partial charge < -0.3 is 15.0 Å². The summed E-state index contributed by atoms with van der Waals surface area (Å²) in [4.78, 5) is 27.6. The van der Waals surface area contributed by atoms with Crippen LogP contribution in [0.5, 0.6) is 0 Å². The van der Waals surface area contributed by atoms with Crippen LogP contribution in [-0.4, -0.2) is 54.8 Å². The van der Waals surface area contributed by atoms with Gasteiger partial charge in [0.05, 0.1) is 23.0 Å². The molecule has 3 rings (SSSR count). The molecule has 0 aliphatic carbocycles. The normalized spacial score (nSPS) is 21.8. The van der Waals surface area contributed by atoms with Gasteiger partial charge in [0.25, 0.3) is 5.91 Å². The van der Waals surface area contributed by atoms with Gasteiger partial charge in [-0.15, -0.1) is 0 Å². The van der Waals surface area contributed by atoms with Gasteiger partial charge in [0, 0.05) is 23.1 Å². The number of benzene rings is 2. The van der Waals surface area contributed by atoms with E-state index in [0.29, 0.717) is 15.6 Å². The molecule has 1 aliphatic rings. The van der Waals surface area contributed by atoms with E-state index in [1.807, 2.05) is 6.07 Å². The van der Waals surface area contributed by atoms with Crippen LogP contribution in [0.4, 0.5) is 0 Å². The van der Waals surface area contributed by atoms with Crippen molar-refractivity contribution in [1.29, 1.82) is 0 Å². The van der Waals surface area contributed by atoms with Gasteiger partial charge in [-0.2, -0.15) is 0 Å². The van der Waals surface area contributed by atoms with E-state index in [-0.39, 0.29) is 18.1 Å². The predicted octanol–water partition coefficient (Wildman–Crippen LogP) is 4.74. The first kappa shape index (κ1) is 28.4. The molecule has 1 saturated heterocycles. The molecule has 0 aromatic heterocycles. The van der Waals surface area contributed by atoms with Crippen molar-refractivity contribution in [2.45, 2.75) is 63.2 Å². The van der Waals surface area contributed by atoms with Crippen molar-refractivity contribution in [1.82, 2.24) is 10.2 Å². The van der Waals surface area contributed by atoms with Gasteiger partial charge in [0.1, 0.15) is 12.2 Å². The molecular weight excluding hydrogens is 523 g/mol. The van der Waals surface area contributed by atoms with Crippen LogP contribution in [-0.2, 0) is 24.2 Å². The zero-order valence-corrected chi connectivity index (χ0v) is 23.3. The molecule has 0 radical (unpaired) electrons. The van der Waals surface area contributed by atoms with Crippen molar-refractivity contribution < 1.29 is 22.7 Å². The lowest BCUT2D eigenvalue weighted by molar-refractivity contribution is -0.179. The molecule has 1 fully saturated rings. The van der Waals surface area contributed by atoms with E-state index in [1.54, 1.807) is 75.1 Å². The smallest absolute Gasteiger partial charge is 0.253 e. The van der Waals surface area contributed by atoms with E-state index < -0.39 is 44.8 Å². The number of carbonyl (C=O) groups excluding carboxylic acids is 2. The summed E-state index contributed by atoms with van der Waals surface area (Å²) in [7, 11) is -2.09. The molecule has 0 saturated carbocycles. The fourth-order valence-corrected chi connectivity index (χ4v) is 5.86. The molecule has 196 valence electrons. The fraction of sp³-hybridized carbons (Fsp3) is 0.462. The maximum absolute atomic E-state index is 13.8. The van der Waals surface area contributed by atoms with Crippen LogP contribution in [0, 0.1) is 0 Å². The van der Waals surface area contributed by atoms with Crippen molar-refractivity contribution in [3.8, 4) is 0 Å². The Kier molecular flexibility index (Phi) is 8.76. The third-order valence-corrected chi connectivity index (χ3v) is 9.61. The first-order chi connectivity index (χ1) is 16.7. The van der Waals surface area contributed by atoms with Gasteiger partial charge in [-0.1, -0.05) is 47.5 Å².